The molecule has 0 bridgehead atoms. The maximum absolute atomic E-state index is 5.75. The molecule has 2 N–H and O–H groups in total. The average molecular weight is 313 g/mol. The standard InChI is InChI=1S/C12H13BrN2O3/c1-6-4-8(16-2)9(10(13)11(6)17-3)7-5-15-18-12(7)14/h4-5H,14H2,1-3H3. The second kappa shape index (κ2) is 4.89. The summed E-state index contributed by atoms with van der Waals surface area (Å²) >= 11 is 3.51. The Kier molecular flexibility index (Phi) is 3.47. The number of ether oxygens (including phenoxy) is 2. The van der Waals surface area contributed by atoms with E-state index in [1.54, 1.807) is 20.4 Å². The lowest BCUT2D eigenvalue weighted by Crippen LogP contribution is -1.96. The zero-order valence-corrected chi connectivity index (χ0v) is 11.9. The van der Waals surface area contributed by atoms with Crippen LogP contribution in [-0.4, -0.2) is 19.4 Å². The fourth-order valence-corrected chi connectivity index (χ4v) is 2.71. The molecule has 1 heterocycles. The number of methoxy groups -OCH3 is 2. The van der Waals surface area contributed by atoms with Crippen molar-refractivity contribution in [1.82, 2.24) is 5.16 Å². The smallest absolute Gasteiger partial charge is 0.230 e. The number of aryl methyl sites for hydroxylation is 1. The van der Waals surface area contributed by atoms with Crippen molar-refractivity contribution < 1.29 is 14.0 Å². The molecule has 0 radical (unpaired) electrons. The number of nitrogens with zero attached hydrogens (tertiary/aromatic N) is 1. The molecule has 0 unspecified atom stereocenters. The Morgan fingerprint density at radius 3 is 2.56 bits per heavy atom. The van der Waals surface area contributed by atoms with E-state index >= 15 is 0 Å². The van der Waals surface area contributed by atoms with Crippen LogP contribution >= 0.6 is 15.9 Å². The Balaban J connectivity index is 2.76. The van der Waals surface area contributed by atoms with Crippen LogP contribution in [0.5, 0.6) is 11.5 Å². The van der Waals surface area contributed by atoms with Crippen LogP contribution in [0.2, 0.25) is 0 Å². The van der Waals surface area contributed by atoms with Gasteiger partial charge in [0.1, 0.15) is 11.5 Å². The zero-order valence-electron chi connectivity index (χ0n) is 10.3. The van der Waals surface area contributed by atoms with Crippen LogP contribution in [0.25, 0.3) is 11.1 Å². The molecule has 0 aliphatic rings. The van der Waals surface area contributed by atoms with Gasteiger partial charge in [0.25, 0.3) is 0 Å². The van der Waals surface area contributed by atoms with Crippen LogP contribution < -0.4 is 15.2 Å². The predicted molar refractivity (Wildman–Crippen MR) is 71.9 cm³/mol. The van der Waals surface area contributed by atoms with Crippen LogP contribution in [0.15, 0.2) is 21.3 Å². The summed E-state index contributed by atoms with van der Waals surface area (Å²) in [5.74, 6) is 1.64. The van der Waals surface area contributed by atoms with Crippen molar-refractivity contribution in [3.63, 3.8) is 0 Å². The van der Waals surface area contributed by atoms with Gasteiger partial charge in [-0.3, -0.25) is 0 Å². The summed E-state index contributed by atoms with van der Waals surface area (Å²) in [5.41, 5.74) is 8.13. The zero-order chi connectivity index (χ0) is 13.3. The summed E-state index contributed by atoms with van der Waals surface area (Å²) < 4.78 is 16.4. The van der Waals surface area contributed by atoms with Crippen LogP contribution in [0.1, 0.15) is 5.56 Å². The van der Waals surface area contributed by atoms with E-state index in [-0.39, 0.29) is 5.88 Å². The van der Waals surface area contributed by atoms with Gasteiger partial charge in [0.15, 0.2) is 0 Å². The van der Waals surface area contributed by atoms with Gasteiger partial charge >= 0.3 is 0 Å². The molecule has 1 aromatic heterocycles. The molecule has 96 valence electrons. The molecule has 0 atom stereocenters. The lowest BCUT2D eigenvalue weighted by Gasteiger charge is -2.15. The highest BCUT2D eigenvalue weighted by Gasteiger charge is 2.21. The first-order valence-corrected chi connectivity index (χ1v) is 6.01. The number of halogens is 1. The summed E-state index contributed by atoms with van der Waals surface area (Å²) in [7, 11) is 3.21. The maximum atomic E-state index is 5.75. The number of nitrogens with two attached hydrogens (primary N) is 1. The van der Waals surface area contributed by atoms with E-state index in [1.165, 1.54) is 0 Å². The molecular weight excluding hydrogens is 300 g/mol. The first kappa shape index (κ1) is 12.8. The monoisotopic (exact) mass is 312 g/mol. The van der Waals surface area contributed by atoms with Crippen molar-refractivity contribution in [1.29, 1.82) is 0 Å². The van der Waals surface area contributed by atoms with E-state index in [4.69, 9.17) is 19.7 Å². The predicted octanol–water partition coefficient (Wildman–Crippen LogP) is 3.01. The summed E-state index contributed by atoms with van der Waals surface area (Å²) in [6, 6.07) is 1.88. The first-order chi connectivity index (χ1) is 8.60. The molecule has 6 heteroatoms. The molecule has 0 fully saturated rings. The summed E-state index contributed by atoms with van der Waals surface area (Å²) in [6.45, 7) is 1.94. The van der Waals surface area contributed by atoms with Gasteiger partial charge in [-0.2, -0.15) is 0 Å². The molecule has 0 aliphatic heterocycles. The molecule has 0 saturated carbocycles. The third-order valence-corrected chi connectivity index (χ3v) is 3.42. The van der Waals surface area contributed by atoms with Gasteiger partial charge in [-0.05, 0) is 34.5 Å². The van der Waals surface area contributed by atoms with Crippen LogP contribution in [0.4, 0.5) is 5.88 Å². The SMILES string of the molecule is COc1cc(C)c(OC)c(Br)c1-c1cnoc1N. The van der Waals surface area contributed by atoms with E-state index in [0.717, 1.165) is 21.3 Å². The number of nitrogen functional groups attached to an aromatic ring is 1. The minimum atomic E-state index is 0.236. The van der Waals surface area contributed by atoms with Crippen LogP contribution in [0, 0.1) is 6.92 Å². The largest absolute Gasteiger partial charge is 0.496 e. The molecule has 0 aliphatic carbocycles. The molecular formula is C12H13BrN2O3. The number of hydrogen-bond donors (Lipinski definition) is 1. The van der Waals surface area contributed by atoms with E-state index in [1.807, 2.05) is 13.0 Å². The molecule has 1 aromatic carbocycles. The number of benzene rings is 1. The summed E-state index contributed by atoms with van der Waals surface area (Å²) in [4.78, 5) is 0. The highest BCUT2D eigenvalue weighted by Crippen LogP contribution is 2.45. The summed E-state index contributed by atoms with van der Waals surface area (Å²) in [5, 5.41) is 3.68. The molecule has 5 nitrogen and oxygen atoms in total. The Morgan fingerprint density at radius 1 is 1.33 bits per heavy atom. The quantitative estimate of drug-likeness (QED) is 0.943. The lowest BCUT2D eigenvalue weighted by molar-refractivity contribution is 0.399. The van der Waals surface area contributed by atoms with Crippen LogP contribution in [-0.2, 0) is 0 Å². The topological polar surface area (TPSA) is 70.5 Å². The minimum Gasteiger partial charge on any atom is -0.496 e. The van der Waals surface area contributed by atoms with Crippen molar-refractivity contribution in [2.75, 3.05) is 20.0 Å². The van der Waals surface area contributed by atoms with Crippen molar-refractivity contribution in [3.8, 4) is 22.6 Å². The van der Waals surface area contributed by atoms with Gasteiger partial charge in [0.05, 0.1) is 30.5 Å². The Labute approximate surface area is 113 Å². The second-order valence-electron chi connectivity index (χ2n) is 3.72. The third-order valence-electron chi connectivity index (χ3n) is 2.66. The normalized spacial score (nSPS) is 10.4. The van der Waals surface area contributed by atoms with E-state index in [0.29, 0.717) is 11.3 Å². The Hall–Kier alpha value is -1.69. The van der Waals surface area contributed by atoms with Gasteiger partial charge in [-0.25, -0.2) is 0 Å². The van der Waals surface area contributed by atoms with E-state index in [9.17, 15) is 0 Å². The molecule has 0 amide bonds. The number of hydrogen-bond acceptors (Lipinski definition) is 5. The van der Waals surface area contributed by atoms with Crippen molar-refractivity contribution >= 4 is 21.8 Å². The number of aromatic nitrogens is 1. The molecule has 0 saturated heterocycles. The van der Waals surface area contributed by atoms with E-state index in [2.05, 4.69) is 21.1 Å². The fraction of sp³-hybridized carbons (Fsp3) is 0.250. The second-order valence-corrected chi connectivity index (χ2v) is 4.51. The van der Waals surface area contributed by atoms with Gasteiger partial charge in [-0.15, -0.1) is 0 Å². The molecule has 2 aromatic rings. The maximum Gasteiger partial charge on any atom is 0.230 e. The third kappa shape index (κ3) is 1.92. The molecule has 2 rings (SSSR count). The fourth-order valence-electron chi connectivity index (χ4n) is 1.83. The van der Waals surface area contributed by atoms with Gasteiger partial charge < -0.3 is 19.7 Å². The Bertz CT molecular complexity index is 581. The van der Waals surface area contributed by atoms with Crippen molar-refractivity contribution in [2.45, 2.75) is 6.92 Å². The van der Waals surface area contributed by atoms with Gasteiger partial charge in [-0.1, -0.05) is 5.16 Å². The van der Waals surface area contributed by atoms with Crippen molar-refractivity contribution in [3.05, 3.63) is 22.3 Å². The highest BCUT2D eigenvalue weighted by atomic mass is 79.9. The minimum absolute atomic E-state index is 0.236. The van der Waals surface area contributed by atoms with Gasteiger partial charge in [0, 0.05) is 5.56 Å². The molecule has 18 heavy (non-hydrogen) atoms. The summed E-state index contributed by atoms with van der Waals surface area (Å²) in [6.07, 6.45) is 1.55. The Morgan fingerprint density at radius 2 is 2.06 bits per heavy atom. The van der Waals surface area contributed by atoms with Crippen molar-refractivity contribution in [2.24, 2.45) is 0 Å². The van der Waals surface area contributed by atoms with Crippen LogP contribution in [0.3, 0.4) is 0 Å². The van der Waals surface area contributed by atoms with Gasteiger partial charge in [0.2, 0.25) is 5.88 Å². The first-order valence-electron chi connectivity index (χ1n) is 5.21. The number of anilines is 1. The van der Waals surface area contributed by atoms with E-state index < -0.39 is 0 Å². The highest BCUT2D eigenvalue weighted by molar-refractivity contribution is 9.10. The average Bonchev–Trinajstić information content (AvgIpc) is 2.75. The lowest BCUT2D eigenvalue weighted by atomic mass is 10.0. The number of rotatable bonds is 3. The molecule has 0 spiro atoms.